The lowest BCUT2D eigenvalue weighted by molar-refractivity contribution is -0.157. The molecular formula is C11H19NO5. The third-order valence-corrected chi connectivity index (χ3v) is 3.63. The molecule has 0 aliphatic carbocycles. The van der Waals surface area contributed by atoms with Gasteiger partial charge in [-0.1, -0.05) is 20.8 Å². The predicted molar refractivity (Wildman–Crippen MR) is 59.8 cm³/mol. The molecule has 1 saturated heterocycles. The summed E-state index contributed by atoms with van der Waals surface area (Å²) in [5.41, 5.74) is -2.20. The summed E-state index contributed by atoms with van der Waals surface area (Å²) in [4.78, 5) is 23.8. The molecule has 1 heterocycles. The Hall–Kier alpha value is -1.30. The van der Waals surface area contributed by atoms with E-state index in [4.69, 9.17) is 5.11 Å². The number of hydrogen-bond donors (Lipinski definition) is 3. The Labute approximate surface area is 99.8 Å². The molecule has 1 aliphatic rings. The van der Waals surface area contributed by atoms with Crippen molar-refractivity contribution in [2.24, 2.45) is 5.41 Å². The van der Waals surface area contributed by atoms with Crippen molar-refractivity contribution in [2.75, 3.05) is 6.61 Å². The standard InChI is InChI=1S/C11H19NO5/c1-10(2,3)11(8(14)15)5-4-7(6-13)12(11)9(16)17/h7,13H,4-6H2,1-3H3,(H,14,15)(H,16,17)/t7-,11+/m0/s1. The first-order valence-electron chi connectivity index (χ1n) is 5.55. The summed E-state index contributed by atoms with van der Waals surface area (Å²) in [6.45, 7) is 4.77. The zero-order valence-electron chi connectivity index (χ0n) is 10.3. The Morgan fingerprint density at radius 1 is 1.35 bits per heavy atom. The van der Waals surface area contributed by atoms with Crippen LogP contribution in [-0.4, -0.2) is 50.5 Å². The van der Waals surface area contributed by atoms with Crippen LogP contribution in [0.3, 0.4) is 0 Å². The number of carbonyl (C=O) groups is 2. The van der Waals surface area contributed by atoms with E-state index in [0.29, 0.717) is 6.42 Å². The number of aliphatic carboxylic acids is 1. The molecule has 2 atom stereocenters. The van der Waals surface area contributed by atoms with Crippen LogP contribution in [0.5, 0.6) is 0 Å². The van der Waals surface area contributed by atoms with Gasteiger partial charge in [-0.3, -0.25) is 4.90 Å². The molecule has 1 amide bonds. The van der Waals surface area contributed by atoms with Gasteiger partial charge in [0.15, 0.2) is 0 Å². The maximum Gasteiger partial charge on any atom is 0.408 e. The Kier molecular flexibility index (Phi) is 3.38. The molecular weight excluding hydrogens is 226 g/mol. The van der Waals surface area contributed by atoms with E-state index >= 15 is 0 Å². The first-order valence-corrected chi connectivity index (χ1v) is 5.55. The second-order valence-electron chi connectivity index (χ2n) is 5.44. The first kappa shape index (κ1) is 13.8. The molecule has 0 saturated carbocycles. The van der Waals surface area contributed by atoms with Crippen molar-refractivity contribution >= 4 is 12.1 Å². The molecule has 0 spiro atoms. The molecule has 1 rings (SSSR count). The summed E-state index contributed by atoms with van der Waals surface area (Å²) in [5, 5.41) is 27.8. The lowest BCUT2D eigenvalue weighted by atomic mass is 9.72. The Balaban J connectivity index is 3.32. The van der Waals surface area contributed by atoms with Crippen molar-refractivity contribution in [3.8, 4) is 0 Å². The SMILES string of the molecule is CC(C)(C)[C@]1(C(=O)O)CC[C@@H](CO)N1C(=O)O. The van der Waals surface area contributed by atoms with E-state index in [0.717, 1.165) is 4.90 Å². The highest BCUT2D eigenvalue weighted by molar-refractivity contribution is 5.86. The van der Waals surface area contributed by atoms with Crippen LogP contribution in [0.2, 0.25) is 0 Å². The van der Waals surface area contributed by atoms with Crippen LogP contribution in [0.25, 0.3) is 0 Å². The molecule has 6 heteroatoms. The maximum atomic E-state index is 11.6. The molecule has 0 bridgehead atoms. The normalized spacial score (nSPS) is 29.4. The molecule has 0 radical (unpaired) electrons. The predicted octanol–water partition coefficient (Wildman–Crippen LogP) is 0.991. The minimum atomic E-state index is -1.47. The number of amides is 1. The maximum absolute atomic E-state index is 11.6. The quantitative estimate of drug-likeness (QED) is 0.674. The van der Waals surface area contributed by atoms with Crippen LogP contribution < -0.4 is 0 Å². The van der Waals surface area contributed by atoms with Gasteiger partial charge >= 0.3 is 12.1 Å². The van der Waals surface area contributed by atoms with Crippen LogP contribution in [-0.2, 0) is 4.79 Å². The van der Waals surface area contributed by atoms with E-state index < -0.39 is 29.1 Å². The third-order valence-electron chi connectivity index (χ3n) is 3.63. The van der Waals surface area contributed by atoms with Gasteiger partial charge in [-0.2, -0.15) is 0 Å². The highest BCUT2D eigenvalue weighted by Gasteiger charge is 2.60. The second kappa shape index (κ2) is 4.18. The number of rotatable bonds is 2. The molecule has 0 unspecified atom stereocenters. The number of hydrogen-bond acceptors (Lipinski definition) is 3. The van der Waals surface area contributed by atoms with Crippen molar-refractivity contribution in [3.63, 3.8) is 0 Å². The molecule has 98 valence electrons. The van der Waals surface area contributed by atoms with E-state index in [1.807, 2.05) is 0 Å². The number of carboxylic acids is 1. The van der Waals surface area contributed by atoms with Crippen molar-refractivity contribution in [2.45, 2.75) is 45.2 Å². The average molecular weight is 245 g/mol. The van der Waals surface area contributed by atoms with E-state index in [9.17, 15) is 19.8 Å². The van der Waals surface area contributed by atoms with Crippen LogP contribution in [0.4, 0.5) is 4.79 Å². The van der Waals surface area contributed by atoms with Crippen LogP contribution >= 0.6 is 0 Å². The zero-order chi connectivity index (χ0) is 13.4. The topological polar surface area (TPSA) is 98.1 Å². The molecule has 0 aromatic carbocycles. The molecule has 1 aliphatic heterocycles. The Bertz CT molecular complexity index is 335. The monoisotopic (exact) mass is 245 g/mol. The minimum absolute atomic E-state index is 0.226. The van der Waals surface area contributed by atoms with E-state index in [1.165, 1.54) is 0 Å². The summed E-state index contributed by atoms with van der Waals surface area (Å²) in [6, 6.07) is -0.636. The van der Waals surface area contributed by atoms with Gasteiger partial charge in [0.05, 0.1) is 12.6 Å². The smallest absolute Gasteiger partial charge is 0.408 e. The summed E-state index contributed by atoms with van der Waals surface area (Å²) >= 11 is 0. The van der Waals surface area contributed by atoms with Crippen LogP contribution in [0, 0.1) is 5.41 Å². The highest BCUT2D eigenvalue weighted by Crippen LogP contribution is 2.46. The number of aliphatic hydroxyl groups excluding tert-OH is 1. The average Bonchev–Trinajstić information content (AvgIpc) is 2.56. The number of aliphatic hydroxyl groups is 1. The molecule has 3 N–H and O–H groups in total. The van der Waals surface area contributed by atoms with Gasteiger partial charge < -0.3 is 15.3 Å². The summed E-state index contributed by atoms with van der Waals surface area (Å²) in [7, 11) is 0. The van der Waals surface area contributed by atoms with Crippen molar-refractivity contribution in [3.05, 3.63) is 0 Å². The van der Waals surface area contributed by atoms with E-state index in [-0.39, 0.29) is 13.0 Å². The Morgan fingerprint density at radius 2 is 1.88 bits per heavy atom. The number of carboxylic acid groups (broad SMARTS) is 2. The second-order valence-corrected chi connectivity index (χ2v) is 5.44. The van der Waals surface area contributed by atoms with Gasteiger partial charge in [0, 0.05) is 0 Å². The van der Waals surface area contributed by atoms with Crippen LogP contribution in [0.1, 0.15) is 33.6 Å². The summed E-state index contributed by atoms with van der Waals surface area (Å²) in [6.07, 6.45) is -0.700. The third kappa shape index (κ3) is 1.86. The largest absolute Gasteiger partial charge is 0.479 e. The highest BCUT2D eigenvalue weighted by atomic mass is 16.4. The Morgan fingerprint density at radius 3 is 2.18 bits per heavy atom. The minimum Gasteiger partial charge on any atom is -0.479 e. The molecule has 17 heavy (non-hydrogen) atoms. The first-order chi connectivity index (χ1) is 7.68. The van der Waals surface area contributed by atoms with Crippen molar-refractivity contribution in [1.29, 1.82) is 0 Å². The zero-order valence-corrected chi connectivity index (χ0v) is 10.3. The van der Waals surface area contributed by atoms with Crippen LogP contribution in [0.15, 0.2) is 0 Å². The van der Waals surface area contributed by atoms with Gasteiger partial charge in [-0.15, -0.1) is 0 Å². The lowest BCUT2D eigenvalue weighted by Gasteiger charge is -2.44. The van der Waals surface area contributed by atoms with Gasteiger partial charge in [0.1, 0.15) is 5.54 Å². The van der Waals surface area contributed by atoms with Crippen molar-refractivity contribution < 1.29 is 24.9 Å². The number of likely N-dealkylation sites (tertiary alicyclic amines) is 1. The molecule has 0 aromatic rings. The summed E-state index contributed by atoms with van der Waals surface area (Å²) < 4.78 is 0. The van der Waals surface area contributed by atoms with E-state index in [2.05, 4.69) is 0 Å². The van der Waals surface area contributed by atoms with Gasteiger partial charge in [-0.05, 0) is 18.3 Å². The summed E-state index contributed by atoms with van der Waals surface area (Å²) in [5.74, 6) is -1.15. The van der Waals surface area contributed by atoms with Gasteiger partial charge in [0.25, 0.3) is 0 Å². The lowest BCUT2D eigenvalue weighted by Crippen LogP contribution is -2.62. The molecule has 1 fully saturated rings. The molecule has 6 nitrogen and oxygen atoms in total. The number of nitrogens with zero attached hydrogens (tertiary/aromatic N) is 1. The van der Waals surface area contributed by atoms with E-state index in [1.54, 1.807) is 20.8 Å². The molecule has 0 aromatic heterocycles. The fourth-order valence-electron chi connectivity index (χ4n) is 2.70. The van der Waals surface area contributed by atoms with Gasteiger partial charge in [-0.25, -0.2) is 9.59 Å². The fourth-order valence-corrected chi connectivity index (χ4v) is 2.70. The fraction of sp³-hybridized carbons (Fsp3) is 0.818. The van der Waals surface area contributed by atoms with Crippen molar-refractivity contribution in [1.82, 2.24) is 4.90 Å². The van der Waals surface area contributed by atoms with Gasteiger partial charge in [0.2, 0.25) is 0 Å².